The lowest BCUT2D eigenvalue weighted by molar-refractivity contribution is -0.0215. The molecule has 0 spiro atoms. The van der Waals surface area contributed by atoms with Crippen LogP contribution in [0, 0.1) is 5.92 Å². The summed E-state index contributed by atoms with van der Waals surface area (Å²) in [7, 11) is 1.05. The molecule has 0 heterocycles. The fraction of sp³-hybridized carbons (Fsp3) is 0.600. The minimum absolute atomic E-state index is 0.400. The van der Waals surface area contributed by atoms with Gasteiger partial charge in [0.05, 0.1) is 22.1 Å². The topological polar surface area (TPSA) is 29.5 Å². The monoisotopic (exact) mass is 264 g/mol. The van der Waals surface area contributed by atoms with Crippen LogP contribution >= 0.6 is 0 Å². The first-order chi connectivity index (χ1) is 8.64. The third-order valence-corrected chi connectivity index (χ3v) is 4.44. The first-order valence-corrected chi connectivity index (χ1v) is 8.51. The van der Waals surface area contributed by atoms with Crippen LogP contribution in [0.5, 0.6) is 5.75 Å². The number of ether oxygens (including phenoxy) is 1. The van der Waals surface area contributed by atoms with Gasteiger partial charge in [-0.05, 0) is 43.4 Å². The summed E-state index contributed by atoms with van der Waals surface area (Å²) in [6, 6.07) is 7.98. The summed E-state index contributed by atoms with van der Waals surface area (Å²) in [5, 5.41) is 10.8. The molecule has 1 N–H and O–H groups in total. The van der Waals surface area contributed by atoms with Crippen molar-refractivity contribution in [2.75, 3.05) is 6.23 Å². The quantitative estimate of drug-likeness (QED) is 0.845. The predicted molar refractivity (Wildman–Crippen MR) is 78.0 cm³/mol. The van der Waals surface area contributed by atoms with Crippen molar-refractivity contribution in [3.63, 3.8) is 0 Å². The molecule has 100 valence electrons. The van der Waals surface area contributed by atoms with Crippen LogP contribution in [-0.4, -0.2) is 21.6 Å². The molecule has 0 bridgehead atoms. The molecule has 0 aliphatic heterocycles. The Bertz CT molecular complexity index is 367. The molecule has 1 aromatic carbocycles. The highest BCUT2D eigenvalue weighted by Gasteiger charge is 2.34. The predicted octanol–water partition coefficient (Wildman–Crippen LogP) is 2.18. The summed E-state index contributed by atoms with van der Waals surface area (Å²) < 4.78 is 5.50. The molecule has 0 radical (unpaired) electrons. The second-order valence-electron chi connectivity index (χ2n) is 5.44. The van der Waals surface area contributed by atoms with E-state index in [1.54, 1.807) is 0 Å². The largest absolute Gasteiger partial charge is 0.498 e. The van der Waals surface area contributed by atoms with Gasteiger partial charge in [-0.3, -0.25) is 0 Å². The Morgan fingerprint density at radius 1 is 1.22 bits per heavy atom. The summed E-state index contributed by atoms with van der Waals surface area (Å²) in [5.74, 6) is 1.31. The van der Waals surface area contributed by atoms with E-state index in [0.717, 1.165) is 40.6 Å². The molecule has 1 saturated carbocycles. The normalized spacial score (nSPS) is 20.6. The number of aliphatic hydroxyl groups is 1. The van der Waals surface area contributed by atoms with E-state index in [-0.39, 0.29) is 0 Å². The van der Waals surface area contributed by atoms with E-state index in [1.165, 1.54) is 19.3 Å². The highest BCUT2D eigenvalue weighted by atomic mass is 28.1. The molecule has 2 rings (SSSR count). The lowest BCUT2D eigenvalue weighted by Crippen LogP contribution is -2.33. The van der Waals surface area contributed by atoms with Gasteiger partial charge < -0.3 is 9.84 Å². The van der Waals surface area contributed by atoms with E-state index < -0.39 is 5.60 Å². The van der Waals surface area contributed by atoms with Gasteiger partial charge in [0, 0.05) is 0 Å². The highest BCUT2D eigenvalue weighted by Crippen LogP contribution is 2.39. The Labute approximate surface area is 113 Å². The number of hydrogen-bond donors (Lipinski definition) is 1. The second-order valence-corrected chi connectivity index (χ2v) is 6.02. The Morgan fingerprint density at radius 3 is 2.39 bits per heavy atom. The number of rotatable bonds is 4. The zero-order valence-corrected chi connectivity index (χ0v) is 13.5. The van der Waals surface area contributed by atoms with Gasteiger partial charge in [0.2, 0.25) is 0 Å². The summed E-state index contributed by atoms with van der Waals surface area (Å²) in [4.78, 5) is 0. The average Bonchev–Trinajstić information content (AvgIpc) is 2.41. The fourth-order valence-corrected chi connectivity index (χ4v) is 3.29. The molecule has 0 amide bonds. The van der Waals surface area contributed by atoms with E-state index in [1.807, 2.05) is 31.2 Å². The molecule has 1 unspecified atom stereocenters. The van der Waals surface area contributed by atoms with Gasteiger partial charge >= 0.3 is 0 Å². The molecule has 1 aliphatic carbocycles. The summed E-state index contributed by atoms with van der Waals surface area (Å²) in [5.41, 5.74) is 0.329. The Hall–Kier alpha value is -0.803. The minimum atomic E-state index is -0.695. The van der Waals surface area contributed by atoms with E-state index in [4.69, 9.17) is 4.74 Å². The highest BCUT2D eigenvalue weighted by molar-refractivity contribution is 6.08. The SMILES string of the molecule is CC(O)(c1ccc(OC[SiH3])cc1)C1CCCCC1. The molecular formula is C15H24O2Si. The van der Waals surface area contributed by atoms with Gasteiger partial charge in [0.15, 0.2) is 0 Å². The van der Waals surface area contributed by atoms with Crippen molar-refractivity contribution in [1.82, 2.24) is 0 Å². The van der Waals surface area contributed by atoms with E-state index in [2.05, 4.69) is 0 Å². The van der Waals surface area contributed by atoms with Gasteiger partial charge in [-0.1, -0.05) is 31.4 Å². The van der Waals surface area contributed by atoms with Crippen LogP contribution in [0.3, 0.4) is 0 Å². The number of hydrogen-bond acceptors (Lipinski definition) is 2. The molecule has 2 nitrogen and oxygen atoms in total. The lowest BCUT2D eigenvalue weighted by atomic mass is 9.74. The average molecular weight is 264 g/mol. The molecule has 3 heteroatoms. The van der Waals surface area contributed by atoms with Crippen molar-refractivity contribution in [2.45, 2.75) is 44.6 Å². The fourth-order valence-electron chi connectivity index (χ4n) is 2.96. The van der Waals surface area contributed by atoms with Crippen LogP contribution in [-0.2, 0) is 5.60 Å². The third-order valence-electron chi connectivity index (χ3n) is 4.15. The van der Waals surface area contributed by atoms with E-state index in [0.29, 0.717) is 5.92 Å². The molecule has 1 atom stereocenters. The van der Waals surface area contributed by atoms with Gasteiger partial charge in [-0.25, -0.2) is 0 Å². The Morgan fingerprint density at radius 2 is 1.83 bits per heavy atom. The molecule has 1 aromatic rings. The Kier molecular flexibility index (Phi) is 4.46. The van der Waals surface area contributed by atoms with Crippen LogP contribution in [0.2, 0.25) is 0 Å². The van der Waals surface area contributed by atoms with Crippen molar-refractivity contribution in [1.29, 1.82) is 0 Å². The zero-order chi connectivity index (χ0) is 13.0. The maximum Gasteiger partial charge on any atom is 0.118 e. The van der Waals surface area contributed by atoms with Crippen LogP contribution in [0.1, 0.15) is 44.6 Å². The molecular weight excluding hydrogens is 240 g/mol. The lowest BCUT2D eigenvalue weighted by Gasteiger charge is -2.36. The van der Waals surface area contributed by atoms with Gasteiger partial charge in [0.1, 0.15) is 5.75 Å². The van der Waals surface area contributed by atoms with Crippen molar-refractivity contribution >= 4 is 10.2 Å². The van der Waals surface area contributed by atoms with Crippen molar-refractivity contribution in [2.24, 2.45) is 5.92 Å². The van der Waals surface area contributed by atoms with Gasteiger partial charge in [-0.2, -0.15) is 0 Å². The summed E-state index contributed by atoms with van der Waals surface area (Å²) in [6.07, 6.45) is 6.93. The molecule has 0 saturated heterocycles. The molecule has 1 aliphatic rings. The molecule has 1 fully saturated rings. The molecule has 0 aromatic heterocycles. The third kappa shape index (κ3) is 2.95. The molecule has 18 heavy (non-hydrogen) atoms. The first-order valence-electron chi connectivity index (χ1n) is 7.10. The van der Waals surface area contributed by atoms with Crippen molar-refractivity contribution in [3.8, 4) is 5.75 Å². The standard InChI is InChI=1S/C15H24O2Si/c1-15(16,12-5-3-2-4-6-12)13-7-9-14(10-8-13)17-11-18/h7-10,12,16H,2-6,11H2,1,18H3. The zero-order valence-electron chi connectivity index (χ0n) is 11.5. The van der Waals surface area contributed by atoms with Crippen molar-refractivity contribution < 1.29 is 9.84 Å². The van der Waals surface area contributed by atoms with E-state index >= 15 is 0 Å². The van der Waals surface area contributed by atoms with Crippen molar-refractivity contribution in [3.05, 3.63) is 29.8 Å². The van der Waals surface area contributed by atoms with Crippen LogP contribution < -0.4 is 4.74 Å². The van der Waals surface area contributed by atoms with Gasteiger partial charge in [0.25, 0.3) is 0 Å². The maximum atomic E-state index is 10.8. The summed E-state index contributed by atoms with van der Waals surface area (Å²) >= 11 is 0. The second kappa shape index (κ2) is 5.89. The van der Waals surface area contributed by atoms with Crippen LogP contribution in [0.4, 0.5) is 0 Å². The van der Waals surface area contributed by atoms with E-state index in [9.17, 15) is 5.11 Å². The smallest absolute Gasteiger partial charge is 0.118 e. The Balaban J connectivity index is 2.12. The first kappa shape index (κ1) is 13.6. The number of benzene rings is 1. The summed E-state index contributed by atoms with van der Waals surface area (Å²) in [6.45, 7) is 1.96. The van der Waals surface area contributed by atoms with Crippen LogP contribution in [0.15, 0.2) is 24.3 Å². The van der Waals surface area contributed by atoms with Crippen LogP contribution in [0.25, 0.3) is 0 Å². The minimum Gasteiger partial charge on any atom is -0.498 e. The maximum absolute atomic E-state index is 10.8. The van der Waals surface area contributed by atoms with Gasteiger partial charge in [-0.15, -0.1) is 0 Å².